The van der Waals surface area contributed by atoms with Crippen molar-refractivity contribution in [2.45, 2.75) is 37.5 Å². The molecule has 1 fully saturated rings. The summed E-state index contributed by atoms with van der Waals surface area (Å²) in [6.45, 7) is 4.62. The normalized spacial score (nSPS) is 17.4. The lowest BCUT2D eigenvalue weighted by Crippen LogP contribution is -2.41. The van der Waals surface area contributed by atoms with Gasteiger partial charge < -0.3 is 10.5 Å². The van der Waals surface area contributed by atoms with Crippen molar-refractivity contribution in [3.63, 3.8) is 0 Å². The summed E-state index contributed by atoms with van der Waals surface area (Å²) in [5.41, 5.74) is 6.16. The Morgan fingerprint density at radius 1 is 1.30 bits per heavy atom. The van der Waals surface area contributed by atoms with Gasteiger partial charge in [0.1, 0.15) is 5.75 Å². The zero-order valence-electron chi connectivity index (χ0n) is 13.8. The van der Waals surface area contributed by atoms with Crippen LogP contribution < -0.4 is 10.5 Å². The van der Waals surface area contributed by atoms with Crippen molar-refractivity contribution < 1.29 is 17.9 Å². The first-order valence-corrected chi connectivity index (χ1v) is 9.18. The Kier molecular flexibility index (Phi) is 5.31. The summed E-state index contributed by atoms with van der Waals surface area (Å²) in [5, 5.41) is 0. The fourth-order valence-corrected chi connectivity index (χ4v) is 4.36. The molecular formula is C16H24N2O4S. The summed E-state index contributed by atoms with van der Waals surface area (Å²) < 4.78 is 32.3. The number of primary amides is 1. The van der Waals surface area contributed by atoms with Crippen molar-refractivity contribution in [1.82, 2.24) is 4.31 Å². The summed E-state index contributed by atoms with van der Waals surface area (Å²) in [6, 6.07) is 4.94. The Labute approximate surface area is 137 Å². The van der Waals surface area contributed by atoms with Crippen LogP contribution in [-0.4, -0.2) is 38.8 Å². The SMILES string of the molecule is COc1ccc(S(=O)(=O)N2CCC(C(N)=O)CC2)cc1C(C)C. The number of nitrogens with two attached hydrogens (primary N) is 1. The minimum atomic E-state index is -3.57. The minimum absolute atomic E-state index is 0.153. The second-order valence-corrected chi connectivity index (χ2v) is 8.08. The lowest BCUT2D eigenvalue weighted by Gasteiger charge is -2.30. The lowest BCUT2D eigenvalue weighted by molar-refractivity contribution is -0.122. The van der Waals surface area contributed by atoms with Crippen molar-refractivity contribution in [2.24, 2.45) is 11.7 Å². The summed E-state index contributed by atoms with van der Waals surface area (Å²) in [7, 11) is -1.99. The largest absolute Gasteiger partial charge is 0.496 e. The van der Waals surface area contributed by atoms with E-state index in [1.165, 1.54) is 4.31 Å². The molecule has 1 aromatic rings. The molecule has 7 heteroatoms. The standard InChI is InChI=1S/C16H24N2O4S/c1-11(2)14-10-13(4-5-15(14)22-3)23(20,21)18-8-6-12(7-9-18)16(17)19/h4-5,10-12H,6-9H2,1-3H3,(H2,17,19). The van der Waals surface area contributed by atoms with Crippen LogP contribution in [0.3, 0.4) is 0 Å². The topological polar surface area (TPSA) is 89.7 Å². The number of hydrogen-bond donors (Lipinski definition) is 1. The van der Waals surface area contributed by atoms with Crippen molar-refractivity contribution in [3.05, 3.63) is 23.8 Å². The molecule has 0 spiro atoms. The van der Waals surface area contributed by atoms with Crippen molar-refractivity contribution >= 4 is 15.9 Å². The van der Waals surface area contributed by atoms with Crippen LogP contribution in [0.1, 0.15) is 38.2 Å². The highest BCUT2D eigenvalue weighted by molar-refractivity contribution is 7.89. The van der Waals surface area contributed by atoms with Crippen LogP contribution >= 0.6 is 0 Å². The fourth-order valence-electron chi connectivity index (χ4n) is 2.85. The van der Waals surface area contributed by atoms with Gasteiger partial charge in [0, 0.05) is 19.0 Å². The van der Waals surface area contributed by atoms with Gasteiger partial charge >= 0.3 is 0 Å². The Balaban J connectivity index is 2.27. The number of amides is 1. The molecule has 0 aliphatic carbocycles. The second-order valence-electron chi connectivity index (χ2n) is 6.14. The van der Waals surface area contributed by atoms with Gasteiger partial charge in [-0.15, -0.1) is 0 Å². The summed E-state index contributed by atoms with van der Waals surface area (Å²) in [5.74, 6) is 0.254. The molecule has 0 atom stereocenters. The monoisotopic (exact) mass is 340 g/mol. The number of ether oxygens (including phenoxy) is 1. The van der Waals surface area contributed by atoms with Gasteiger partial charge in [0.05, 0.1) is 12.0 Å². The number of piperidine rings is 1. The Bertz CT molecular complexity index is 677. The minimum Gasteiger partial charge on any atom is -0.496 e. The molecule has 128 valence electrons. The zero-order chi connectivity index (χ0) is 17.2. The molecule has 1 amide bonds. The average Bonchev–Trinajstić information content (AvgIpc) is 2.54. The van der Waals surface area contributed by atoms with E-state index in [0.29, 0.717) is 31.7 Å². The van der Waals surface area contributed by atoms with Crippen LogP contribution in [0.5, 0.6) is 5.75 Å². The second kappa shape index (κ2) is 6.88. The number of rotatable bonds is 5. The van der Waals surface area contributed by atoms with Gasteiger partial charge in [-0.1, -0.05) is 13.8 Å². The predicted molar refractivity (Wildman–Crippen MR) is 87.8 cm³/mol. The average molecular weight is 340 g/mol. The van der Waals surface area contributed by atoms with Crippen LogP contribution in [0.15, 0.2) is 23.1 Å². The van der Waals surface area contributed by atoms with Crippen LogP contribution in [0.4, 0.5) is 0 Å². The van der Waals surface area contributed by atoms with Crippen LogP contribution in [-0.2, 0) is 14.8 Å². The van der Waals surface area contributed by atoms with Gasteiger partial charge in [0.25, 0.3) is 0 Å². The molecule has 23 heavy (non-hydrogen) atoms. The summed E-state index contributed by atoms with van der Waals surface area (Å²) >= 11 is 0. The zero-order valence-corrected chi connectivity index (χ0v) is 14.6. The Morgan fingerprint density at radius 3 is 2.39 bits per heavy atom. The Morgan fingerprint density at radius 2 is 1.91 bits per heavy atom. The molecule has 0 saturated carbocycles. The number of benzene rings is 1. The molecule has 1 aliphatic rings. The molecule has 1 saturated heterocycles. The van der Waals surface area contributed by atoms with Crippen molar-refractivity contribution in [2.75, 3.05) is 20.2 Å². The van der Waals surface area contributed by atoms with Crippen LogP contribution in [0.2, 0.25) is 0 Å². The molecule has 0 bridgehead atoms. The maximum atomic E-state index is 12.8. The van der Waals surface area contributed by atoms with Gasteiger partial charge in [-0.05, 0) is 42.5 Å². The third-order valence-electron chi connectivity index (χ3n) is 4.32. The first kappa shape index (κ1) is 17.7. The van der Waals surface area contributed by atoms with Gasteiger partial charge in [0.2, 0.25) is 15.9 Å². The van der Waals surface area contributed by atoms with Gasteiger partial charge in [-0.25, -0.2) is 8.42 Å². The fraction of sp³-hybridized carbons (Fsp3) is 0.562. The van der Waals surface area contributed by atoms with Gasteiger partial charge in [-0.3, -0.25) is 4.79 Å². The van der Waals surface area contributed by atoms with E-state index in [9.17, 15) is 13.2 Å². The highest BCUT2D eigenvalue weighted by Gasteiger charge is 2.31. The van der Waals surface area contributed by atoms with E-state index in [0.717, 1.165) is 5.56 Å². The maximum Gasteiger partial charge on any atom is 0.243 e. The quantitative estimate of drug-likeness (QED) is 0.883. The lowest BCUT2D eigenvalue weighted by atomic mass is 9.98. The smallest absolute Gasteiger partial charge is 0.243 e. The number of carbonyl (C=O) groups is 1. The Hall–Kier alpha value is -1.60. The van der Waals surface area contributed by atoms with Crippen LogP contribution in [0.25, 0.3) is 0 Å². The molecule has 1 heterocycles. The molecule has 0 aromatic heterocycles. The van der Waals surface area contributed by atoms with Gasteiger partial charge in [0.15, 0.2) is 0 Å². The van der Waals surface area contributed by atoms with E-state index >= 15 is 0 Å². The number of nitrogens with zero attached hydrogens (tertiary/aromatic N) is 1. The van der Waals surface area contributed by atoms with Crippen molar-refractivity contribution in [1.29, 1.82) is 0 Å². The number of sulfonamides is 1. The summed E-state index contributed by atoms with van der Waals surface area (Å²) in [6.07, 6.45) is 0.948. The van der Waals surface area contributed by atoms with E-state index < -0.39 is 10.0 Å². The number of carbonyl (C=O) groups excluding carboxylic acids is 1. The molecule has 6 nitrogen and oxygen atoms in total. The molecule has 1 aromatic carbocycles. The number of methoxy groups -OCH3 is 1. The van der Waals surface area contributed by atoms with E-state index in [4.69, 9.17) is 10.5 Å². The third-order valence-corrected chi connectivity index (χ3v) is 6.21. The molecule has 2 N–H and O–H groups in total. The summed E-state index contributed by atoms with van der Waals surface area (Å²) in [4.78, 5) is 11.5. The molecule has 0 unspecified atom stereocenters. The highest BCUT2D eigenvalue weighted by atomic mass is 32.2. The molecular weight excluding hydrogens is 316 g/mol. The van der Waals surface area contributed by atoms with E-state index in [2.05, 4.69) is 0 Å². The van der Waals surface area contributed by atoms with Crippen molar-refractivity contribution in [3.8, 4) is 5.75 Å². The molecule has 1 aliphatic heterocycles. The van der Waals surface area contributed by atoms with E-state index in [1.807, 2.05) is 13.8 Å². The maximum absolute atomic E-state index is 12.8. The molecule has 0 radical (unpaired) electrons. The predicted octanol–water partition coefficient (Wildman–Crippen LogP) is 1.70. The third kappa shape index (κ3) is 3.67. The van der Waals surface area contributed by atoms with Crippen LogP contribution in [0, 0.1) is 5.92 Å². The first-order chi connectivity index (χ1) is 10.8. The van der Waals surface area contributed by atoms with Gasteiger partial charge in [-0.2, -0.15) is 4.31 Å². The first-order valence-electron chi connectivity index (χ1n) is 7.74. The van der Waals surface area contributed by atoms with E-state index in [-0.39, 0.29) is 22.6 Å². The highest BCUT2D eigenvalue weighted by Crippen LogP contribution is 2.31. The van der Waals surface area contributed by atoms with E-state index in [1.54, 1.807) is 25.3 Å². The number of hydrogen-bond acceptors (Lipinski definition) is 4. The molecule has 2 rings (SSSR count).